The molecule has 1 atom stereocenters. The second-order valence-corrected chi connectivity index (χ2v) is 6.37. The van der Waals surface area contributed by atoms with Crippen molar-refractivity contribution in [2.45, 2.75) is 31.2 Å². The fraction of sp³-hybridized carbons (Fsp3) is 0.267. The number of hydrogen-bond acceptors (Lipinski definition) is 5. The van der Waals surface area contributed by atoms with E-state index in [2.05, 4.69) is 15.3 Å². The highest BCUT2D eigenvalue weighted by atomic mass is 32.2. The third kappa shape index (κ3) is 4.11. The zero-order valence-corrected chi connectivity index (χ0v) is 13.5. The number of nitrogens with zero attached hydrogens (tertiary/aromatic N) is 1. The molecule has 22 heavy (non-hydrogen) atoms. The summed E-state index contributed by atoms with van der Waals surface area (Å²) in [5.74, 6) is -0.0304. The number of thioether (sulfide) groups is 1. The van der Waals surface area contributed by atoms with Crippen molar-refractivity contribution >= 4 is 29.2 Å². The maximum absolute atomic E-state index is 12.3. The molecule has 0 aliphatic carbocycles. The van der Waals surface area contributed by atoms with Crippen molar-refractivity contribution in [2.75, 3.05) is 11.1 Å². The summed E-state index contributed by atoms with van der Waals surface area (Å²) in [5, 5.41) is 2.79. The van der Waals surface area contributed by atoms with E-state index in [1.165, 1.54) is 6.07 Å². The fourth-order valence-corrected chi connectivity index (χ4v) is 2.65. The van der Waals surface area contributed by atoms with Gasteiger partial charge in [-0.25, -0.2) is 4.98 Å². The van der Waals surface area contributed by atoms with E-state index >= 15 is 0 Å². The highest BCUT2D eigenvalue weighted by Crippen LogP contribution is 2.22. The van der Waals surface area contributed by atoms with Crippen LogP contribution >= 0.6 is 11.8 Å². The Bertz CT molecular complexity index is 757. The van der Waals surface area contributed by atoms with E-state index in [0.717, 1.165) is 28.6 Å². The summed E-state index contributed by atoms with van der Waals surface area (Å²) in [6.45, 7) is 5.65. The largest absolute Gasteiger partial charge is 0.383 e. The molecule has 1 amide bonds. The van der Waals surface area contributed by atoms with Crippen LogP contribution in [-0.4, -0.2) is 21.1 Å². The maximum Gasteiger partial charge on any atom is 0.253 e. The van der Waals surface area contributed by atoms with Crippen molar-refractivity contribution < 1.29 is 4.79 Å². The van der Waals surface area contributed by atoms with Crippen molar-refractivity contribution in [2.24, 2.45) is 0 Å². The number of H-pyrrole nitrogens is 1. The quantitative estimate of drug-likeness (QED) is 0.592. The van der Waals surface area contributed by atoms with Gasteiger partial charge in [0.25, 0.3) is 5.56 Å². The van der Waals surface area contributed by atoms with E-state index < -0.39 is 5.25 Å². The molecule has 7 heteroatoms. The first-order chi connectivity index (χ1) is 10.3. The molecule has 1 aromatic carbocycles. The molecule has 4 N–H and O–H groups in total. The Morgan fingerprint density at radius 2 is 2.09 bits per heavy atom. The number of carbonyl (C=O) groups excluding carboxylic acids is 1. The summed E-state index contributed by atoms with van der Waals surface area (Å²) in [5.41, 5.74) is 8.04. The van der Waals surface area contributed by atoms with E-state index in [9.17, 15) is 9.59 Å². The van der Waals surface area contributed by atoms with Crippen LogP contribution in [0.2, 0.25) is 0 Å². The molecule has 0 aliphatic heterocycles. The van der Waals surface area contributed by atoms with Crippen LogP contribution in [0, 0.1) is 13.8 Å². The molecule has 2 rings (SSSR count). The summed E-state index contributed by atoms with van der Waals surface area (Å²) < 4.78 is 0. The number of aryl methyl sites for hydroxylation is 2. The van der Waals surface area contributed by atoms with Gasteiger partial charge in [0.15, 0.2) is 5.16 Å². The number of nitrogens with one attached hydrogen (secondary N) is 2. The Morgan fingerprint density at radius 3 is 2.77 bits per heavy atom. The van der Waals surface area contributed by atoms with Gasteiger partial charge < -0.3 is 16.0 Å². The fourth-order valence-electron chi connectivity index (χ4n) is 1.83. The van der Waals surface area contributed by atoms with Crippen molar-refractivity contribution in [3.8, 4) is 0 Å². The Morgan fingerprint density at radius 1 is 1.36 bits per heavy atom. The second-order valence-electron chi connectivity index (χ2n) is 5.04. The van der Waals surface area contributed by atoms with Crippen molar-refractivity contribution in [1.82, 2.24) is 9.97 Å². The van der Waals surface area contributed by atoms with Gasteiger partial charge in [-0.15, -0.1) is 0 Å². The smallest absolute Gasteiger partial charge is 0.253 e. The molecule has 0 saturated heterocycles. The van der Waals surface area contributed by atoms with Gasteiger partial charge in [-0.1, -0.05) is 23.9 Å². The van der Waals surface area contributed by atoms with Crippen LogP contribution in [-0.2, 0) is 4.79 Å². The number of nitrogen functional groups attached to an aromatic ring is 1. The molecular formula is C15H18N4O2S. The molecule has 6 nitrogen and oxygen atoms in total. The molecule has 0 fully saturated rings. The standard InChI is InChI=1S/C15H18N4O2S/c1-8-4-5-9(2)11(6-8)17-14(21)10(3)22-15-18-12(16)7-13(20)19-15/h4-7,10H,1-3H3,(H,17,21)(H3,16,18,19,20)/t10-/m0/s1. The monoisotopic (exact) mass is 318 g/mol. The Labute approximate surface area is 132 Å². The summed E-state index contributed by atoms with van der Waals surface area (Å²) in [6.07, 6.45) is 0. The second kappa shape index (κ2) is 6.65. The van der Waals surface area contributed by atoms with Gasteiger partial charge in [-0.2, -0.15) is 0 Å². The van der Waals surface area contributed by atoms with Gasteiger partial charge in [0.2, 0.25) is 5.91 Å². The third-order valence-electron chi connectivity index (χ3n) is 3.05. The minimum atomic E-state index is -0.426. The predicted molar refractivity (Wildman–Crippen MR) is 89.1 cm³/mol. The van der Waals surface area contributed by atoms with Gasteiger partial charge in [-0.05, 0) is 38.0 Å². The predicted octanol–water partition coefficient (Wildman–Crippen LogP) is 2.09. The number of carbonyl (C=O) groups is 1. The third-order valence-corrected chi connectivity index (χ3v) is 4.03. The average Bonchev–Trinajstić information content (AvgIpc) is 2.41. The van der Waals surface area contributed by atoms with Crippen molar-refractivity contribution in [1.29, 1.82) is 0 Å². The molecule has 2 aromatic rings. The van der Waals surface area contributed by atoms with Gasteiger partial charge in [-0.3, -0.25) is 9.59 Å². The maximum atomic E-state index is 12.3. The van der Waals surface area contributed by atoms with Gasteiger partial charge in [0, 0.05) is 11.8 Å². The first kappa shape index (κ1) is 16.1. The van der Waals surface area contributed by atoms with Crippen LogP contribution in [0.4, 0.5) is 11.5 Å². The Balaban J connectivity index is 2.09. The molecule has 0 saturated carbocycles. The normalized spacial score (nSPS) is 12.0. The zero-order valence-electron chi connectivity index (χ0n) is 12.6. The highest BCUT2D eigenvalue weighted by molar-refractivity contribution is 8.00. The molecule has 0 radical (unpaired) electrons. The number of rotatable bonds is 4. The highest BCUT2D eigenvalue weighted by Gasteiger charge is 2.17. The average molecular weight is 318 g/mol. The lowest BCUT2D eigenvalue weighted by Crippen LogP contribution is -2.23. The van der Waals surface area contributed by atoms with Gasteiger partial charge in [0.1, 0.15) is 5.82 Å². The van der Waals surface area contributed by atoms with Crippen LogP contribution in [0.15, 0.2) is 34.2 Å². The van der Waals surface area contributed by atoms with Crippen LogP contribution in [0.5, 0.6) is 0 Å². The number of amides is 1. The molecule has 0 aliphatic rings. The van der Waals surface area contributed by atoms with Crippen LogP contribution in [0.3, 0.4) is 0 Å². The topological polar surface area (TPSA) is 101 Å². The summed E-state index contributed by atoms with van der Waals surface area (Å²) >= 11 is 1.15. The molecule has 1 aromatic heterocycles. The number of hydrogen-bond donors (Lipinski definition) is 3. The Kier molecular flexibility index (Phi) is 4.87. The van der Waals surface area contributed by atoms with Crippen molar-refractivity contribution in [3.05, 3.63) is 45.7 Å². The number of aromatic nitrogens is 2. The van der Waals surface area contributed by atoms with E-state index in [0.29, 0.717) is 5.16 Å². The SMILES string of the molecule is Cc1ccc(C)c(NC(=O)[C@H](C)Sc2nc(N)cc(=O)[nH]2)c1. The van der Waals surface area contributed by atoms with Crippen LogP contribution in [0.25, 0.3) is 0 Å². The van der Waals surface area contributed by atoms with Crippen LogP contribution < -0.4 is 16.6 Å². The molecule has 0 unspecified atom stereocenters. The number of anilines is 2. The van der Waals surface area contributed by atoms with E-state index in [4.69, 9.17) is 5.73 Å². The lowest BCUT2D eigenvalue weighted by atomic mass is 10.1. The first-order valence-corrected chi connectivity index (χ1v) is 7.65. The molecule has 0 spiro atoms. The summed E-state index contributed by atoms with van der Waals surface area (Å²) in [7, 11) is 0. The van der Waals surface area contributed by atoms with Gasteiger partial charge in [0.05, 0.1) is 5.25 Å². The minimum absolute atomic E-state index is 0.133. The number of benzene rings is 1. The molecule has 116 valence electrons. The van der Waals surface area contributed by atoms with E-state index in [1.54, 1.807) is 6.92 Å². The summed E-state index contributed by atoms with van der Waals surface area (Å²) in [6, 6.07) is 7.07. The number of aromatic amines is 1. The Hall–Kier alpha value is -2.28. The molecule has 0 bridgehead atoms. The van der Waals surface area contributed by atoms with Gasteiger partial charge >= 0.3 is 0 Å². The van der Waals surface area contributed by atoms with Crippen molar-refractivity contribution in [3.63, 3.8) is 0 Å². The van der Waals surface area contributed by atoms with E-state index in [1.807, 2.05) is 32.0 Å². The first-order valence-electron chi connectivity index (χ1n) is 6.77. The minimum Gasteiger partial charge on any atom is -0.383 e. The van der Waals surface area contributed by atoms with Crippen LogP contribution in [0.1, 0.15) is 18.1 Å². The van der Waals surface area contributed by atoms with E-state index in [-0.39, 0.29) is 17.3 Å². The lowest BCUT2D eigenvalue weighted by Gasteiger charge is -2.13. The summed E-state index contributed by atoms with van der Waals surface area (Å²) in [4.78, 5) is 30.2. The lowest BCUT2D eigenvalue weighted by molar-refractivity contribution is -0.115. The molecule has 1 heterocycles. The number of nitrogens with two attached hydrogens (primary N) is 1. The zero-order chi connectivity index (χ0) is 16.3. The molecular weight excluding hydrogens is 300 g/mol.